The number of halogens is 2. The molecular formula is C47H57F2N7O7S. The van der Waals surface area contributed by atoms with E-state index in [1.54, 1.807) is 31.3 Å². The smallest absolute Gasteiger partial charge is 0.293 e. The number of piperazine rings is 1. The minimum absolute atomic E-state index is 0.0454. The molecule has 64 heavy (non-hydrogen) atoms. The van der Waals surface area contributed by atoms with Gasteiger partial charge in [0.05, 0.1) is 27.2 Å². The number of hydrogen-bond donors (Lipinski definition) is 4. The number of aromatic amines is 1. The van der Waals surface area contributed by atoms with E-state index in [0.717, 1.165) is 68.9 Å². The van der Waals surface area contributed by atoms with Gasteiger partial charge in [-0.3, -0.25) is 19.8 Å². The number of fused-ring (bicyclic) bond motifs is 1. The van der Waals surface area contributed by atoms with Crippen molar-refractivity contribution in [3.63, 3.8) is 0 Å². The topological polar surface area (TPSA) is 183 Å². The minimum atomic E-state index is -4.60. The zero-order valence-corrected chi connectivity index (χ0v) is 37.4. The lowest BCUT2D eigenvalue weighted by Gasteiger charge is -2.72. The van der Waals surface area contributed by atoms with Gasteiger partial charge in [0, 0.05) is 74.1 Å². The predicted molar refractivity (Wildman–Crippen MR) is 239 cm³/mol. The number of H-pyrrole nitrogens is 1. The summed E-state index contributed by atoms with van der Waals surface area (Å²) >= 11 is 0. The van der Waals surface area contributed by atoms with Crippen LogP contribution in [-0.2, 0) is 10.0 Å². The second-order valence-electron chi connectivity index (χ2n) is 20.2. The predicted octanol–water partition coefficient (Wildman–Crippen LogP) is 8.80. The molecule has 0 atom stereocenters. The number of benzene rings is 2. The molecule has 1 saturated heterocycles. The molecule has 1 aliphatic heterocycles. The Morgan fingerprint density at radius 3 is 2.47 bits per heavy atom. The third-order valence-corrected chi connectivity index (χ3v) is 16.1. The van der Waals surface area contributed by atoms with Crippen LogP contribution in [0.25, 0.3) is 11.0 Å². The maximum atomic E-state index is 13.9. The third-order valence-electron chi connectivity index (χ3n) is 14.8. The number of nitrogens with zero attached hydrogens (tertiary/aromatic N) is 4. The van der Waals surface area contributed by atoms with Gasteiger partial charge < -0.3 is 25.0 Å². The molecule has 3 heterocycles. The molecular weight excluding hydrogens is 845 g/mol. The first kappa shape index (κ1) is 44.1. The molecule has 2 aromatic carbocycles. The summed E-state index contributed by atoms with van der Waals surface area (Å²) in [6.45, 7) is 10.5. The number of carbonyl (C=O) groups is 1. The fraction of sp³-hybridized carbons (Fsp3) is 0.532. The average molecular weight is 902 g/mol. The van der Waals surface area contributed by atoms with Gasteiger partial charge in [0.1, 0.15) is 22.8 Å². The van der Waals surface area contributed by atoms with Crippen molar-refractivity contribution in [3.05, 3.63) is 87.7 Å². The van der Waals surface area contributed by atoms with Crippen LogP contribution in [0.4, 0.5) is 25.8 Å². The van der Waals surface area contributed by atoms with E-state index in [9.17, 15) is 37.2 Å². The number of amides is 1. The van der Waals surface area contributed by atoms with Gasteiger partial charge >= 0.3 is 0 Å². The molecule has 0 radical (unpaired) electrons. The summed E-state index contributed by atoms with van der Waals surface area (Å²) in [5.41, 5.74) is 2.55. The van der Waals surface area contributed by atoms with Crippen LogP contribution in [0.2, 0.25) is 0 Å². The molecule has 14 nitrogen and oxygen atoms in total. The van der Waals surface area contributed by atoms with E-state index in [4.69, 9.17) is 4.74 Å². The summed E-state index contributed by atoms with van der Waals surface area (Å²) in [5.74, 6) is -0.371. The van der Waals surface area contributed by atoms with Crippen LogP contribution in [0.15, 0.2) is 77.0 Å². The summed E-state index contributed by atoms with van der Waals surface area (Å²) < 4.78 is 63.5. The number of rotatable bonds is 14. The van der Waals surface area contributed by atoms with Crippen molar-refractivity contribution in [1.82, 2.24) is 19.6 Å². The van der Waals surface area contributed by atoms with Crippen LogP contribution in [-0.4, -0.2) is 90.5 Å². The summed E-state index contributed by atoms with van der Waals surface area (Å²) in [4.78, 5) is 37.0. The van der Waals surface area contributed by atoms with Crippen molar-refractivity contribution < 1.29 is 36.8 Å². The van der Waals surface area contributed by atoms with Gasteiger partial charge in [-0.2, -0.15) is 0 Å². The highest BCUT2D eigenvalue weighted by atomic mass is 32.2. The van der Waals surface area contributed by atoms with Crippen molar-refractivity contribution in [1.29, 1.82) is 0 Å². The second-order valence-corrected chi connectivity index (χ2v) is 21.9. The zero-order valence-electron chi connectivity index (χ0n) is 36.6. The first-order valence-corrected chi connectivity index (χ1v) is 23.8. The third kappa shape index (κ3) is 8.70. The molecule has 6 aliphatic rings. The number of aliphatic hydroxyl groups is 1. The molecule has 0 spiro atoms. The van der Waals surface area contributed by atoms with E-state index in [2.05, 4.69) is 43.7 Å². The summed E-state index contributed by atoms with van der Waals surface area (Å²) in [7, 11) is -4.60. The number of ether oxygens (including phenoxy) is 1. The monoisotopic (exact) mass is 901 g/mol. The Labute approximate surface area is 372 Å². The molecule has 342 valence electrons. The van der Waals surface area contributed by atoms with Crippen LogP contribution in [0, 0.1) is 32.3 Å². The van der Waals surface area contributed by atoms with E-state index < -0.39 is 48.9 Å². The number of carbonyl (C=O) groups excluding carboxylic acids is 1. The molecule has 1 amide bonds. The maximum absolute atomic E-state index is 13.9. The van der Waals surface area contributed by atoms with Crippen molar-refractivity contribution >= 4 is 44.0 Å². The quantitative estimate of drug-likeness (QED) is 0.0539. The minimum Gasteiger partial charge on any atom is -0.455 e. The number of nitrogens with one attached hydrogen (secondary N) is 3. The van der Waals surface area contributed by atoms with Crippen molar-refractivity contribution in [2.45, 2.75) is 102 Å². The first-order chi connectivity index (χ1) is 30.3. The van der Waals surface area contributed by atoms with Crippen molar-refractivity contribution in [3.8, 4) is 11.5 Å². The molecule has 0 unspecified atom stereocenters. The highest BCUT2D eigenvalue weighted by molar-refractivity contribution is 7.90. The van der Waals surface area contributed by atoms with Gasteiger partial charge in [0.15, 0.2) is 0 Å². The van der Waals surface area contributed by atoms with Crippen LogP contribution in [0.3, 0.4) is 0 Å². The lowest BCUT2D eigenvalue weighted by molar-refractivity contribution is -0.384. The summed E-state index contributed by atoms with van der Waals surface area (Å²) in [5, 5.41) is 26.3. The van der Waals surface area contributed by atoms with Gasteiger partial charge in [0.25, 0.3) is 21.6 Å². The lowest BCUT2D eigenvalue weighted by atomic mass is 9.32. The molecule has 10 rings (SSSR count). The number of allylic oxidation sites excluding steroid dienone is 1. The van der Waals surface area contributed by atoms with E-state index in [1.165, 1.54) is 35.5 Å². The lowest BCUT2D eigenvalue weighted by Crippen LogP contribution is -2.66. The largest absolute Gasteiger partial charge is 0.455 e. The molecule has 2 bridgehead atoms. The fourth-order valence-electron chi connectivity index (χ4n) is 11.0. The molecule has 17 heteroatoms. The number of sulfonamides is 1. The Morgan fingerprint density at radius 2 is 1.77 bits per heavy atom. The standard InChI is InChI=1S/C47H57F2N7O7S/c1-44(2)12-10-32(37(23-44)46-27-47(28-46,29-46)43(48)49)26-54-16-18-55(19-17-54)33-4-6-36(40(21-33)63-34-20-31-11-15-50-41(31)52-25-34)42(57)53-64(61,62)35-5-7-38(39(22-35)56(59)60)51-24-30-8-13-45(3,58)14-9-30/h4-7,11,15,20-22,25,30,43,51,58H,8-10,12-14,16-19,23-24,26-29H2,1-3H3,(H,50,52)(H,53,57). The Balaban J connectivity index is 0.909. The zero-order chi connectivity index (χ0) is 45.2. The van der Waals surface area contributed by atoms with Gasteiger partial charge in [-0.25, -0.2) is 26.9 Å². The van der Waals surface area contributed by atoms with E-state index in [-0.39, 0.29) is 33.7 Å². The number of anilines is 2. The summed E-state index contributed by atoms with van der Waals surface area (Å²) in [6.07, 6.45) is 8.62. The highest BCUT2D eigenvalue weighted by Gasteiger charge is 2.73. The van der Waals surface area contributed by atoms with Gasteiger partial charge in [0.2, 0.25) is 6.43 Å². The number of nitro groups is 1. The Bertz CT molecular complexity index is 2590. The van der Waals surface area contributed by atoms with Crippen molar-refractivity contribution in [2.75, 3.05) is 49.5 Å². The normalized spacial score (nSPS) is 26.9. The Kier molecular flexibility index (Phi) is 11.3. The molecule has 4 saturated carbocycles. The second kappa shape index (κ2) is 16.4. The van der Waals surface area contributed by atoms with Crippen LogP contribution < -0.4 is 19.7 Å². The van der Waals surface area contributed by atoms with E-state index in [1.807, 2.05) is 6.07 Å². The molecule has 5 fully saturated rings. The van der Waals surface area contributed by atoms with Crippen molar-refractivity contribution in [2.24, 2.45) is 22.2 Å². The van der Waals surface area contributed by atoms with E-state index >= 15 is 0 Å². The Morgan fingerprint density at radius 1 is 1.03 bits per heavy atom. The Hall–Kier alpha value is -5.13. The fourth-order valence-corrected chi connectivity index (χ4v) is 12.0. The highest BCUT2D eigenvalue weighted by Crippen LogP contribution is 2.79. The number of pyridine rings is 1. The summed E-state index contributed by atoms with van der Waals surface area (Å²) in [6, 6.07) is 12.0. The average Bonchev–Trinajstić information content (AvgIpc) is 3.68. The van der Waals surface area contributed by atoms with Crippen LogP contribution in [0.5, 0.6) is 11.5 Å². The maximum Gasteiger partial charge on any atom is 0.293 e. The van der Waals surface area contributed by atoms with Crippen LogP contribution in [0.1, 0.15) is 95.3 Å². The van der Waals surface area contributed by atoms with Gasteiger partial charge in [-0.05, 0) is 124 Å². The van der Waals surface area contributed by atoms with Gasteiger partial charge in [-0.1, -0.05) is 25.0 Å². The molecule has 4 aromatic rings. The van der Waals surface area contributed by atoms with E-state index in [0.29, 0.717) is 63.1 Å². The molecule has 4 N–H and O–H groups in total. The number of nitro benzene ring substituents is 1. The molecule has 2 aromatic heterocycles. The first-order valence-electron chi connectivity index (χ1n) is 22.4. The number of hydrogen-bond acceptors (Lipinski definition) is 11. The van der Waals surface area contributed by atoms with Crippen LogP contribution >= 0.6 is 0 Å². The molecule has 5 aliphatic carbocycles. The number of alkyl halides is 2. The SMILES string of the molecule is CC1(C)CCC(CN2CCN(c3ccc(C(=O)NS(=O)(=O)c4ccc(NCC5CCC(C)(O)CC5)c([N+](=O)[O-])c4)c(Oc4cnc5[nH]ccc5c4)c3)CC2)=C(C23CC(C(F)F)(C2)C3)C1. The van der Waals surface area contributed by atoms with Gasteiger partial charge in [-0.15, -0.1) is 0 Å². The number of aromatic nitrogens is 2.